The largest absolute Gasteiger partial charge is 0.481 e. The minimum atomic E-state index is -0.787. The van der Waals surface area contributed by atoms with Crippen molar-refractivity contribution < 1.29 is 19.5 Å². The second-order valence-electron chi connectivity index (χ2n) is 6.04. The van der Waals surface area contributed by atoms with E-state index in [-0.39, 0.29) is 24.8 Å². The summed E-state index contributed by atoms with van der Waals surface area (Å²) >= 11 is 0. The maximum atomic E-state index is 11.7. The summed E-state index contributed by atoms with van der Waals surface area (Å²) in [5.74, 6) is -0.533. The summed E-state index contributed by atoms with van der Waals surface area (Å²) in [4.78, 5) is 33.6. The van der Waals surface area contributed by atoms with Crippen LogP contribution in [0, 0.1) is 5.92 Å². The Hall–Kier alpha value is -1.59. The zero-order chi connectivity index (χ0) is 16.2. The maximum absolute atomic E-state index is 11.7. The molecule has 0 aromatic carbocycles. The van der Waals surface area contributed by atoms with Gasteiger partial charge in [-0.2, -0.15) is 0 Å². The Labute approximate surface area is 132 Å². The van der Waals surface area contributed by atoms with Gasteiger partial charge in [-0.15, -0.1) is 0 Å². The normalized spacial score (nSPS) is 15.3. The molecule has 22 heavy (non-hydrogen) atoms. The van der Waals surface area contributed by atoms with Crippen LogP contribution < -0.4 is 10.6 Å². The molecule has 0 saturated heterocycles. The second kappa shape index (κ2) is 11.0. The van der Waals surface area contributed by atoms with Crippen molar-refractivity contribution in [3.63, 3.8) is 0 Å². The van der Waals surface area contributed by atoms with Crippen LogP contribution in [0.4, 0.5) is 0 Å². The summed E-state index contributed by atoms with van der Waals surface area (Å²) in [6, 6.07) is 0. The number of aliphatic carboxylic acids is 1. The highest BCUT2D eigenvalue weighted by Crippen LogP contribution is 2.25. The van der Waals surface area contributed by atoms with Gasteiger partial charge in [-0.1, -0.05) is 25.7 Å². The molecule has 126 valence electrons. The van der Waals surface area contributed by atoms with Gasteiger partial charge in [-0.25, -0.2) is 0 Å². The lowest BCUT2D eigenvalue weighted by Gasteiger charge is -2.20. The van der Waals surface area contributed by atoms with E-state index in [1.54, 1.807) is 0 Å². The molecule has 1 fully saturated rings. The fourth-order valence-corrected chi connectivity index (χ4v) is 2.77. The lowest BCUT2D eigenvalue weighted by molar-refractivity contribution is -0.137. The number of carboxylic acid groups (broad SMARTS) is 1. The van der Waals surface area contributed by atoms with Crippen molar-refractivity contribution in [1.29, 1.82) is 0 Å². The molecular weight excluding hydrogens is 284 g/mol. The molecule has 1 aliphatic carbocycles. The average Bonchev–Trinajstić information content (AvgIpc) is 2.49. The fraction of sp³-hybridized carbons (Fsp3) is 0.812. The quantitative estimate of drug-likeness (QED) is 0.536. The van der Waals surface area contributed by atoms with E-state index in [4.69, 9.17) is 5.11 Å². The van der Waals surface area contributed by atoms with Gasteiger partial charge in [-0.3, -0.25) is 14.4 Å². The van der Waals surface area contributed by atoms with Crippen molar-refractivity contribution in [3.8, 4) is 0 Å². The van der Waals surface area contributed by atoms with E-state index in [1.807, 2.05) is 0 Å². The first-order valence-corrected chi connectivity index (χ1v) is 8.33. The molecule has 0 aromatic heterocycles. The molecule has 0 unspecified atom stereocenters. The van der Waals surface area contributed by atoms with Crippen molar-refractivity contribution in [1.82, 2.24) is 10.6 Å². The van der Waals surface area contributed by atoms with Gasteiger partial charge in [0.2, 0.25) is 11.8 Å². The number of hydrogen-bond acceptors (Lipinski definition) is 3. The fourth-order valence-electron chi connectivity index (χ4n) is 2.77. The van der Waals surface area contributed by atoms with E-state index >= 15 is 0 Å². The van der Waals surface area contributed by atoms with E-state index in [9.17, 15) is 14.4 Å². The predicted octanol–water partition coefficient (Wildman–Crippen LogP) is 1.83. The highest BCUT2D eigenvalue weighted by molar-refractivity contribution is 5.84. The predicted molar refractivity (Wildman–Crippen MR) is 83.3 cm³/mol. The molecule has 0 atom stereocenters. The van der Waals surface area contributed by atoms with E-state index in [0.29, 0.717) is 25.3 Å². The second-order valence-corrected chi connectivity index (χ2v) is 6.04. The SMILES string of the molecule is O=C(O)CCCCCNC(=O)CNC(=O)CC1CCCCC1. The number of carbonyl (C=O) groups is 3. The molecule has 0 heterocycles. The minimum Gasteiger partial charge on any atom is -0.481 e. The Kier molecular flexibility index (Phi) is 9.26. The number of amides is 2. The van der Waals surface area contributed by atoms with Gasteiger partial charge in [0.05, 0.1) is 6.54 Å². The minimum absolute atomic E-state index is 0.0285. The lowest BCUT2D eigenvalue weighted by Crippen LogP contribution is -2.37. The number of rotatable bonds is 10. The van der Waals surface area contributed by atoms with Gasteiger partial charge in [0, 0.05) is 19.4 Å². The molecule has 0 spiro atoms. The van der Waals surface area contributed by atoms with Crippen LogP contribution in [0.15, 0.2) is 0 Å². The summed E-state index contributed by atoms with van der Waals surface area (Å²) in [5.41, 5.74) is 0. The average molecular weight is 312 g/mol. The molecule has 0 radical (unpaired) electrons. The van der Waals surface area contributed by atoms with Gasteiger partial charge < -0.3 is 15.7 Å². The summed E-state index contributed by atoms with van der Waals surface area (Å²) < 4.78 is 0. The van der Waals surface area contributed by atoms with Crippen LogP contribution in [0.1, 0.15) is 64.2 Å². The number of nitrogens with one attached hydrogen (secondary N) is 2. The third kappa shape index (κ3) is 9.37. The molecule has 0 aliphatic heterocycles. The van der Waals surface area contributed by atoms with Gasteiger partial charge in [-0.05, 0) is 31.6 Å². The van der Waals surface area contributed by atoms with Crippen molar-refractivity contribution in [3.05, 3.63) is 0 Å². The molecule has 6 heteroatoms. The van der Waals surface area contributed by atoms with Crippen LogP contribution in [-0.4, -0.2) is 36.0 Å². The van der Waals surface area contributed by atoms with Crippen molar-refractivity contribution in [2.75, 3.05) is 13.1 Å². The van der Waals surface area contributed by atoms with E-state index in [1.165, 1.54) is 19.3 Å². The van der Waals surface area contributed by atoms with Crippen LogP contribution in [0.3, 0.4) is 0 Å². The lowest BCUT2D eigenvalue weighted by atomic mass is 9.87. The topological polar surface area (TPSA) is 95.5 Å². The first kappa shape index (κ1) is 18.5. The summed E-state index contributed by atoms with van der Waals surface area (Å²) in [5, 5.41) is 13.9. The monoisotopic (exact) mass is 312 g/mol. The first-order valence-electron chi connectivity index (χ1n) is 8.33. The molecule has 0 aromatic rings. The first-order chi connectivity index (χ1) is 10.6. The number of hydrogen-bond donors (Lipinski definition) is 3. The summed E-state index contributed by atoms with van der Waals surface area (Å²) in [6.07, 6.45) is 8.80. The van der Waals surface area contributed by atoms with Crippen molar-refractivity contribution in [2.24, 2.45) is 5.92 Å². The molecule has 3 N–H and O–H groups in total. The number of carbonyl (C=O) groups excluding carboxylic acids is 2. The Morgan fingerprint density at radius 1 is 0.909 bits per heavy atom. The zero-order valence-electron chi connectivity index (χ0n) is 13.2. The van der Waals surface area contributed by atoms with Crippen LogP contribution in [0.5, 0.6) is 0 Å². The van der Waals surface area contributed by atoms with E-state index < -0.39 is 5.97 Å². The van der Waals surface area contributed by atoms with Crippen LogP contribution in [0.2, 0.25) is 0 Å². The highest BCUT2D eigenvalue weighted by atomic mass is 16.4. The Morgan fingerprint density at radius 2 is 1.64 bits per heavy atom. The summed E-state index contributed by atoms with van der Waals surface area (Å²) in [6.45, 7) is 0.553. The number of unbranched alkanes of at least 4 members (excludes halogenated alkanes) is 2. The van der Waals surface area contributed by atoms with Crippen molar-refractivity contribution in [2.45, 2.75) is 64.2 Å². The Balaban J connectivity index is 1.97. The van der Waals surface area contributed by atoms with Crippen LogP contribution in [-0.2, 0) is 14.4 Å². The highest BCUT2D eigenvalue weighted by Gasteiger charge is 2.17. The maximum Gasteiger partial charge on any atom is 0.303 e. The molecule has 2 amide bonds. The van der Waals surface area contributed by atoms with Gasteiger partial charge in [0.15, 0.2) is 0 Å². The summed E-state index contributed by atoms with van der Waals surface area (Å²) in [7, 11) is 0. The standard InChI is InChI=1S/C16H28N2O4/c19-14(11-13-7-3-1-4-8-13)18-12-15(20)17-10-6-2-5-9-16(21)22/h13H,1-12H2,(H,17,20)(H,18,19)(H,21,22). The molecule has 6 nitrogen and oxygen atoms in total. The van der Waals surface area contributed by atoms with Gasteiger partial charge >= 0.3 is 5.97 Å². The number of carboxylic acids is 1. The van der Waals surface area contributed by atoms with Crippen LogP contribution in [0.25, 0.3) is 0 Å². The molecule has 1 saturated carbocycles. The van der Waals surface area contributed by atoms with E-state index in [2.05, 4.69) is 10.6 Å². The Morgan fingerprint density at radius 3 is 2.32 bits per heavy atom. The van der Waals surface area contributed by atoms with Gasteiger partial charge in [0.25, 0.3) is 0 Å². The molecular formula is C16H28N2O4. The molecule has 1 aliphatic rings. The van der Waals surface area contributed by atoms with Crippen LogP contribution >= 0.6 is 0 Å². The third-order valence-corrected chi connectivity index (χ3v) is 4.03. The Bertz CT molecular complexity index is 365. The van der Waals surface area contributed by atoms with Crippen molar-refractivity contribution >= 4 is 17.8 Å². The van der Waals surface area contributed by atoms with Gasteiger partial charge in [0.1, 0.15) is 0 Å². The molecule has 1 rings (SSSR count). The smallest absolute Gasteiger partial charge is 0.303 e. The molecule has 0 bridgehead atoms. The third-order valence-electron chi connectivity index (χ3n) is 4.03. The zero-order valence-corrected chi connectivity index (χ0v) is 13.2. The van der Waals surface area contributed by atoms with E-state index in [0.717, 1.165) is 25.7 Å².